The summed E-state index contributed by atoms with van der Waals surface area (Å²) >= 11 is 0. The number of nitrogens with zero attached hydrogens (tertiary/aromatic N) is 1. The number of anilines is 1. The molecule has 9 nitrogen and oxygen atoms in total. The molecule has 0 aliphatic heterocycles. The van der Waals surface area contributed by atoms with Crippen LogP contribution in [0.25, 0.3) is 0 Å². The fourth-order valence-corrected chi connectivity index (χ4v) is 2.09. The van der Waals surface area contributed by atoms with Crippen LogP contribution in [-0.4, -0.2) is 44.8 Å². The van der Waals surface area contributed by atoms with E-state index in [1.807, 2.05) is 0 Å². The SMILES string of the molecule is COC(=O)COc1ccc(C=NNC(=O)CC(=O)Nc2ccc(OC)cc2)cc1. The number of carbonyl (C=O) groups is 3. The summed E-state index contributed by atoms with van der Waals surface area (Å²) in [5.74, 6) is -0.334. The molecule has 2 N–H and O–H groups in total. The first kappa shape index (κ1) is 21.4. The molecule has 152 valence electrons. The second kappa shape index (κ2) is 11.1. The van der Waals surface area contributed by atoms with Crippen molar-refractivity contribution in [1.82, 2.24) is 5.43 Å². The average Bonchev–Trinajstić information content (AvgIpc) is 2.73. The molecule has 0 saturated carbocycles. The number of amides is 2. The van der Waals surface area contributed by atoms with Gasteiger partial charge in [0.2, 0.25) is 11.8 Å². The van der Waals surface area contributed by atoms with Crippen molar-refractivity contribution in [2.45, 2.75) is 6.42 Å². The minimum atomic E-state index is -0.551. The first-order valence-electron chi connectivity index (χ1n) is 8.55. The van der Waals surface area contributed by atoms with Crippen LogP contribution in [0.4, 0.5) is 5.69 Å². The Kier molecular flexibility index (Phi) is 8.18. The molecule has 0 radical (unpaired) electrons. The third kappa shape index (κ3) is 7.71. The van der Waals surface area contributed by atoms with E-state index in [1.165, 1.54) is 13.3 Å². The average molecular weight is 399 g/mol. The minimum Gasteiger partial charge on any atom is -0.497 e. The van der Waals surface area contributed by atoms with Crippen molar-refractivity contribution >= 4 is 29.7 Å². The Hall–Kier alpha value is -3.88. The maximum absolute atomic E-state index is 11.9. The number of hydrazone groups is 1. The van der Waals surface area contributed by atoms with Crippen LogP contribution < -0.4 is 20.2 Å². The highest BCUT2D eigenvalue weighted by Crippen LogP contribution is 2.15. The number of hydrogen-bond acceptors (Lipinski definition) is 7. The van der Waals surface area contributed by atoms with Crippen LogP contribution in [0.1, 0.15) is 12.0 Å². The van der Waals surface area contributed by atoms with Gasteiger partial charge in [0.25, 0.3) is 0 Å². The number of ether oxygens (including phenoxy) is 3. The standard InChI is InChI=1S/C20H21N3O6/c1-27-16-9-5-15(6-10-16)22-18(24)11-19(25)23-21-12-14-3-7-17(8-4-14)29-13-20(26)28-2/h3-10,12H,11,13H2,1-2H3,(H,22,24)(H,23,25). The molecule has 0 spiro atoms. The summed E-state index contributed by atoms with van der Waals surface area (Å²) in [4.78, 5) is 34.7. The highest BCUT2D eigenvalue weighted by atomic mass is 16.6. The molecule has 0 saturated heterocycles. The molecule has 0 aromatic heterocycles. The fraction of sp³-hybridized carbons (Fsp3) is 0.200. The van der Waals surface area contributed by atoms with Gasteiger partial charge in [-0.2, -0.15) is 5.10 Å². The second-order valence-corrected chi connectivity index (χ2v) is 5.68. The smallest absolute Gasteiger partial charge is 0.343 e. The van der Waals surface area contributed by atoms with Gasteiger partial charge in [-0.05, 0) is 54.1 Å². The molecular formula is C20H21N3O6. The predicted molar refractivity (Wildman–Crippen MR) is 106 cm³/mol. The lowest BCUT2D eigenvalue weighted by molar-refractivity contribution is -0.143. The number of rotatable bonds is 9. The molecule has 0 unspecified atom stereocenters. The minimum absolute atomic E-state index is 0.182. The van der Waals surface area contributed by atoms with Gasteiger partial charge < -0.3 is 19.5 Å². The third-order valence-electron chi connectivity index (χ3n) is 3.56. The number of nitrogens with one attached hydrogen (secondary N) is 2. The van der Waals surface area contributed by atoms with Gasteiger partial charge in [-0.3, -0.25) is 9.59 Å². The second-order valence-electron chi connectivity index (χ2n) is 5.68. The Bertz CT molecular complexity index is 863. The van der Waals surface area contributed by atoms with E-state index < -0.39 is 17.8 Å². The number of carbonyl (C=O) groups excluding carboxylic acids is 3. The summed E-state index contributed by atoms with van der Waals surface area (Å²) in [6.45, 7) is -0.182. The quantitative estimate of drug-likeness (QED) is 0.287. The molecule has 2 rings (SSSR count). The van der Waals surface area contributed by atoms with Crippen molar-refractivity contribution < 1.29 is 28.6 Å². The van der Waals surface area contributed by atoms with Gasteiger partial charge in [0.05, 0.1) is 20.4 Å². The van der Waals surface area contributed by atoms with E-state index in [0.29, 0.717) is 22.7 Å². The number of hydrogen-bond donors (Lipinski definition) is 2. The molecule has 0 aliphatic rings. The van der Waals surface area contributed by atoms with Gasteiger partial charge in [-0.25, -0.2) is 10.2 Å². The van der Waals surface area contributed by atoms with Gasteiger partial charge in [0.15, 0.2) is 6.61 Å². The van der Waals surface area contributed by atoms with E-state index in [4.69, 9.17) is 9.47 Å². The Morgan fingerprint density at radius 1 is 0.931 bits per heavy atom. The first-order valence-corrected chi connectivity index (χ1v) is 8.55. The van der Waals surface area contributed by atoms with Crippen LogP contribution in [0.3, 0.4) is 0 Å². The summed E-state index contributed by atoms with van der Waals surface area (Å²) in [5, 5.41) is 6.41. The number of esters is 1. The van der Waals surface area contributed by atoms with Crippen LogP contribution in [0, 0.1) is 0 Å². The normalized spacial score (nSPS) is 10.3. The third-order valence-corrected chi connectivity index (χ3v) is 3.56. The lowest BCUT2D eigenvalue weighted by atomic mass is 10.2. The van der Waals surface area contributed by atoms with Crippen molar-refractivity contribution in [3.05, 3.63) is 54.1 Å². The summed E-state index contributed by atoms with van der Waals surface area (Å²) in [6, 6.07) is 13.4. The lowest BCUT2D eigenvalue weighted by Gasteiger charge is -2.06. The van der Waals surface area contributed by atoms with Crippen molar-refractivity contribution in [2.24, 2.45) is 5.10 Å². The Labute approximate surface area is 167 Å². The number of methoxy groups -OCH3 is 2. The predicted octanol–water partition coefficient (Wildman–Crippen LogP) is 1.73. The van der Waals surface area contributed by atoms with Gasteiger partial charge >= 0.3 is 5.97 Å². The van der Waals surface area contributed by atoms with E-state index in [-0.39, 0.29) is 13.0 Å². The van der Waals surface area contributed by atoms with Crippen LogP contribution in [0.2, 0.25) is 0 Å². The van der Waals surface area contributed by atoms with Crippen molar-refractivity contribution in [3.63, 3.8) is 0 Å². The zero-order valence-corrected chi connectivity index (χ0v) is 16.0. The lowest BCUT2D eigenvalue weighted by Crippen LogP contribution is -2.24. The summed E-state index contributed by atoms with van der Waals surface area (Å²) in [7, 11) is 2.83. The maximum atomic E-state index is 11.9. The van der Waals surface area contributed by atoms with Crippen LogP contribution in [-0.2, 0) is 19.1 Å². The molecule has 0 atom stereocenters. The van der Waals surface area contributed by atoms with Crippen molar-refractivity contribution in [1.29, 1.82) is 0 Å². The van der Waals surface area contributed by atoms with E-state index >= 15 is 0 Å². The highest BCUT2D eigenvalue weighted by Gasteiger charge is 2.09. The molecule has 0 fully saturated rings. The van der Waals surface area contributed by atoms with Gasteiger partial charge in [0.1, 0.15) is 17.9 Å². The largest absolute Gasteiger partial charge is 0.497 e. The van der Waals surface area contributed by atoms with Crippen LogP contribution in [0.15, 0.2) is 53.6 Å². The van der Waals surface area contributed by atoms with E-state index in [1.54, 1.807) is 55.6 Å². The molecule has 0 heterocycles. The van der Waals surface area contributed by atoms with Gasteiger partial charge in [0, 0.05) is 5.69 Å². The van der Waals surface area contributed by atoms with E-state index in [9.17, 15) is 14.4 Å². The monoisotopic (exact) mass is 399 g/mol. The summed E-state index contributed by atoms with van der Waals surface area (Å²) < 4.78 is 14.7. The van der Waals surface area contributed by atoms with Gasteiger partial charge in [-0.15, -0.1) is 0 Å². The molecule has 0 bridgehead atoms. The molecule has 29 heavy (non-hydrogen) atoms. The molecule has 2 aromatic rings. The molecular weight excluding hydrogens is 378 g/mol. The summed E-state index contributed by atoms with van der Waals surface area (Å²) in [6.07, 6.45) is 1.05. The van der Waals surface area contributed by atoms with Crippen molar-refractivity contribution in [2.75, 3.05) is 26.1 Å². The Morgan fingerprint density at radius 3 is 2.21 bits per heavy atom. The highest BCUT2D eigenvalue weighted by molar-refractivity contribution is 6.03. The Balaban J connectivity index is 1.75. The topological polar surface area (TPSA) is 115 Å². The molecule has 9 heteroatoms. The molecule has 0 aliphatic carbocycles. The van der Waals surface area contributed by atoms with Gasteiger partial charge in [-0.1, -0.05) is 0 Å². The molecule has 2 aromatic carbocycles. The first-order chi connectivity index (χ1) is 14.0. The number of benzene rings is 2. The maximum Gasteiger partial charge on any atom is 0.343 e. The zero-order chi connectivity index (χ0) is 21.1. The molecule has 2 amide bonds. The summed E-state index contributed by atoms with van der Waals surface area (Å²) in [5.41, 5.74) is 3.54. The Morgan fingerprint density at radius 2 is 1.59 bits per heavy atom. The van der Waals surface area contributed by atoms with E-state index in [0.717, 1.165) is 0 Å². The van der Waals surface area contributed by atoms with E-state index in [2.05, 4.69) is 20.6 Å². The van der Waals surface area contributed by atoms with Crippen LogP contribution >= 0.6 is 0 Å². The fourth-order valence-electron chi connectivity index (χ4n) is 2.09. The van der Waals surface area contributed by atoms with Crippen LogP contribution in [0.5, 0.6) is 11.5 Å². The zero-order valence-electron chi connectivity index (χ0n) is 16.0. The van der Waals surface area contributed by atoms with Crippen molar-refractivity contribution in [3.8, 4) is 11.5 Å².